The van der Waals surface area contributed by atoms with Gasteiger partial charge in [-0.3, -0.25) is 9.69 Å². The Morgan fingerprint density at radius 2 is 1.95 bits per heavy atom. The lowest BCUT2D eigenvalue weighted by atomic mass is 9.97. The summed E-state index contributed by atoms with van der Waals surface area (Å²) in [5.41, 5.74) is 7.12. The molecule has 0 saturated carbocycles. The quantitative estimate of drug-likeness (QED) is 0.807. The van der Waals surface area contributed by atoms with Crippen molar-refractivity contribution in [1.29, 1.82) is 0 Å². The molecule has 1 saturated heterocycles. The molecule has 1 aliphatic rings. The van der Waals surface area contributed by atoms with E-state index in [0.29, 0.717) is 5.56 Å². The van der Waals surface area contributed by atoms with Crippen LogP contribution in [0.3, 0.4) is 0 Å². The van der Waals surface area contributed by atoms with E-state index >= 15 is 0 Å². The van der Waals surface area contributed by atoms with Crippen molar-refractivity contribution in [2.45, 2.75) is 32.7 Å². The smallest absolute Gasteiger partial charge is 0.248 e. The maximum Gasteiger partial charge on any atom is 0.248 e. The van der Waals surface area contributed by atoms with Crippen LogP contribution in [-0.2, 0) is 6.54 Å². The average Bonchev–Trinajstić information content (AvgIpc) is 2.49. The van der Waals surface area contributed by atoms with Gasteiger partial charge in [0.1, 0.15) is 0 Å². The van der Waals surface area contributed by atoms with Crippen LogP contribution in [-0.4, -0.2) is 37.0 Å². The first-order chi connectivity index (χ1) is 10.2. The van der Waals surface area contributed by atoms with Crippen LogP contribution in [0.5, 0.6) is 0 Å². The Kier molecular flexibility index (Phi) is 6.21. The molecule has 116 valence electrons. The van der Waals surface area contributed by atoms with Gasteiger partial charge in [-0.15, -0.1) is 0 Å². The number of carbonyl (C=O) groups is 1. The average molecular weight is 289 g/mol. The molecule has 1 amide bonds. The topological polar surface area (TPSA) is 58.4 Å². The van der Waals surface area contributed by atoms with Crippen molar-refractivity contribution in [3.8, 4) is 0 Å². The summed E-state index contributed by atoms with van der Waals surface area (Å²) in [6.45, 7) is 7.78. The van der Waals surface area contributed by atoms with Crippen LogP contribution in [0, 0.1) is 5.92 Å². The number of rotatable bonds is 7. The second-order valence-electron chi connectivity index (χ2n) is 5.99. The Balaban J connectivity index is 1.92. The first kappa shape index (κ1) is 16.0. The third-order valence-corrected chi connectivity index (χ3v) is 4.16. The van der Waals surface area contributed by atoms with Crippen LogP contribution in [0.15, 0.2) is 24.3 Å². The maximum absolute atomic E-state index is 11.1. The molecule has 0 radical (unpaired) electrons. The number of carbonyl (C=O) groups excluding carboxylic acids is 1. The van der Waals surface area contributed by atoms with E-state index in [1.807, 2.05) is 24.3 Å². The van der Waals surface area contributed by atoms with Gasteiger partial charge in [0.2, 0.25) is 5.91 Å². The lowest BCUT2D eigenvalue weighted by molar-refractivity contribution is 0.100. The molecule has 3 N–H and O–H groups in total. The Hall–Kier alpha value is -1.39. The number of primary amides is 1. The van der Waals surface area contributed by atoms with Gasteiger partial charge in [0.05, 0.1) is 0 Å². The first-order valence-electron chi connectivity index (χ1n) is 8.01. The largest absolute Gasteiger partial charge is 0.366 e. The van der Waals surface area contributed by atoms with Gasteiger partial charge < -0.3 is 11.1 Å². The van der Waals surface area contributed by atoms with E-state index in [-0.39, 0.29) is 5.91 Å². The van der Waals surface area contributed by atoms with Crippen molar-refractivity contribution >= 4 is 5.91 Å². The van der Waals surface area contributed by atoms with Gasteiger partial charge in [-0.25, -0.2) is 0 Å². The summed E-state index contributed by atoms with van der Waals surface area (Å²) in [4.78, 5) is 13.6. The fourth-order valence-corrected chi connectivity index (χ4v) is 3.01. The predicted molar refractivity (Wildman–Crippen MR) is 86.1 cm³/mol. The van der Waals surface area contributed by atoms with Crippen molar-refractivity contribution in [3.63, 3.8) is 0 Å². The van der Waals surface area contributed by atoms with Crippen molar-refractivity contribution in [2.75, 3.05) is 26.2 Å². The van der Waals surface area contributed by atoms with E-state index < -0.39 is 0 Å². The number of hydrogen-bond donors (Lipinski definition) is 2. The zero-order valence-corrected chi connectivity index (χ0v) is 13.0. The molecular weight excluding hydrogens is 262 g/mol. The molecule has 1 fully saturated rings. The summed E-state index contributed by atoms with van der Waals surface area (Å²) in [6.07, 6.45) is 3.73. The zero-order valence-electron chi connectivity index (χ0n) is 13.0. The highest BCUT2D eigenvalue weighted by atomic mass is 16.1. The van der Waals surface area contributed by atoms with Crippen LogP contribution >= 0.6 is 0 Å². The molecular formula is C17H27N3O. The highest BCUT2D eigenvalue weighted by molar-refractivity contribution is 5.92. The molecule has 0 aromatic heterocycles. The monoisotopic (exact) mass is 289 g/mol. The number of benzene rings is 1. The van der Waals surface area contributed by atoms with Gasteiger partial charge in [-0.05, 0) is 62.5 Å². The molecule has 2 rings (SSSR count). The van der Waals surface area contributed by atoms with Gasteiger partial charge in [0.15, 0.2) is 0 Å². The third-order valence-electron chi connectivity index (χ3n) is 4.16. The van der Waals surface area contributed by atoms with E-state index in [9.17, 15) is 4.79 Å². The number of nitrogens with two attached hydrogens (primary N) is 1. The van der Waals surface area contributed by atoms with Gasteiger partial charge in [0.25, 0.3) is 0 Å². The van der Waals surface area contributed by atoms with Gasteiger partial charge in [-0.1, -0.05) is 19.1 Å². The minimum atomic E-state index is -0.360. The van der Waals surface area contributed by atoms with Crippen molar-refractivity contribution in [1.82, 2.24) is 10.2 Å². The van der Waals surface area contributed by atoms with Crippen LogP contribution in [0.25, 0.3) is 0 Å². The highest BCUT2D eigenvalue weighted by Gasteiger charge is 2.16. The minimum Gasteiger partial charge on any atom is -0.366 e. The number of hydrogen-bond acceptors (Lipinski definition) is 3. The molecule has 4 nitrogen and oxygen atoms in total. The summed E-state index contributed by atoms with van der Waals surface area (Å²) < 4.78 is 0. The molecule has 1 aromatic carbocycles. The minimum absolute atomic E-state index is 0.360. The van der Waals surface area contributed by atoms with E-state index in [4.69, 9.17) is 5.73 Å². The van der Waals surface area contributed by atoms with E-state index in [2.05, 4.69) is 17.1 Å². The molecule has 0 spiro atoms. The van der Waals surface area contributed by atoms with Crippen LogP contribution in [0.1, 0.15) is 42.1 Å². The summed E-state index contributed by atoms with van der Waals surface area (Å²) in [5, 5.41) is 3.42. The normalized spacial score (nSPS) is 16.3. The fourth-order valence-electron chi connectivity index (χ4n) is 3.01. The molecule has 1 aromatic rings. The second-order valence-corrected chi connectivity index (χ2v) is 5.99. The number of amides is 1. The molecule has 1 heterocycles. The van der Waals surface area contributed by atoms with E-state index in [1.165, 1.54) is 31.4 Å². The standard InChI is InChI=1S/C17H27N3O/c1-2-11-20(13-15-7-9-19-10-8-15)12-14-3-5-16(6-4-14)17(18)21/h3-6,15,19H,2,7-13H2,1H3,(H2,18,21). The molecule has 21 heavy (non-hydrogen) atoms. The fraction of sp³-hybridized carbons (Fsp3) is 0.588. The Bertz CT molecular complexity index is 438. The lowest BCUT2D eigenvalue weighted by Gasteiger charge is -2.30. The highest BCUT2D eigenvalue weighted by Crippen LogP contribution is 2.16. The number of nitrogens with one attached hydrogen (secondary N) is 1. The van der Waals surface area contributed by atoms with Gasteiger partial charge in [0, 0.05) is 18.7 Å². The van der Waals surface area contributed by atoms with Crippen LogP contribution in [0.4, 0.5) is 0 Å². The van der Waals surface area contributed by atoms with Gasteiger partial charge >= 0.3 is 0 Å². The van der Waals surface area contributed by atoms with Crippen molar-refractivity contribution < 1.29 is 4.79 Å². The SMILES string of the molecule is CCCN(Cc1ccc(C(N)=O)cc1)CC1CCNCC1. The summed E-state index contributed by atoms with van der Waals surface area (Å²) >= 11 is 0. The summed E-state index contributed by atoms with van der Waals surface area (Å²) in [7, 11) is 0. The molecule has 0 unspecified atom stereocenters. The first-order valence-corrected chi connectivity index (χ1v) is 8.01. The number of piperidine rings is 1. The molecule has 0 aliphatic carbocycles. The van der Waals surface area contributed by atoms with Crippen LogP contribution in [0.2, 0.25) is 0 Å². The Morgan fingerprint density at radius 3 is 2.52 bits per heavy atom. The second kappa shape index (κ2) is 8.15. The Labute approximate surface area is 127 Å². The van der Waals surface area contributed by atoms with Crippen molar-refractivity contribution in [3.05, 3.63) is 35.4 Å². The maximum atomic E-state index is 11.1. The van der Waals surface area contributed by atoms with Gasteiger partial charge in [-0.2, -0.15) is 0 Å². The molecule has 1 aliphatic heterocycles. The summed E-state index contributed by atoms with van der Waals surface area (Å²) in [6, 6.07) is 7.69. The molecule has 4 heteroatoms. The van der Waals surface area contributed by atoms with Crippen LogP contribution < -0.4 is 11.1 Å². The van der Waals surface area contributed by atoms with E-state index in [1.54, 1.807) is 0 Å². The number of nitrogens with zero attached hydrogens (tertiary/aromatic N) is 1. The van der Waals surface area contributed by atoms with E-state index in [0.717, 1.165) is 32.1 Å². The predicted octanol–water partition coefficient (Wildman–Crippen LogP) is 2.00. The van der Waals surface area contributed by atoms with Crippen molar-refractivity contribution in [2.24, 2.45) is 11.7 Å². The zero-order chi connectivity index (χ0) is 15.1. The molecule has 0 atom stereocenters. The molecule has 0 bridgehead atoms. The summed E-state index contributed by atoms with van der Waals surface area (Å²) in [5.74, 6) is 0.448. The Morgan fingerprint density at radius 1 is 1.29 bits per heavy atom. The lowest BCUT2D eigenvalue weighted by Crippen LogP contribution is -2.36. The third kappa shape index (κ3) is 5.14.